The number of nitrogens with two attached hydrogens (primary N) is 1. The maximum Gasteiger partial charge on any atom is 0.240 e. The Kier molecular flexibility index (Phi) is 8.44. The number of piperazine rings is 1. The highest BCUT2D eigenvalue weighted by atomic mass is 35.5. The molecule has 1 atom stereocenters. The maximum absolute atomic E-state index is 12.4. The standard InChI is InChI=1S/C15H19ClN6O.2ClH/c16-12-2-1-3-19-14(12)21-4-6-22(7-5-21)15(23)13(17)8-11-9-18-10-20-11;;/h1-3,9-10,13H,4-8,17H2,(H,18,20);2*1H/t13-;;/m0../s1. The summed E-state index contributed by atoms with van der Waals surface area (Å²) in [5, 5.41) is 0.628. The van der Waals surface area contributed by atoms with Crippen molar-refractivity contribution in [3.8, 4) is 0 Å². The van der Waals surface area contributed by atoms with Crippen LogP contribution in [0.1, 0.15) is 5.69 Å². The molecule has 0 aromatic carbocycles. The number of hydrogen-bond donors (Lipinski definition) is 2. The van der Waals surface area contributed by atoms with Gasteiger partial charge in [0.15, 0.2) is 0 Å². The molecule has 3 heterocycles. The van der Waals surface area contributed by atoms with Gasteiger partial charge in [0.25, 0.3) is 0 Å². The molecule has 3 rings (SSSR count). The van der Waals surface area contributed by atoms with E-state index in [1.807, 2.05) is 6.07 Å². The smallest absolute Gasteiger partial charge is 0.240 e. The molecule has 1 saturated heterocycles. The molecular formula is C15H21Cl3N6O. The van der Waals surface area contributed by atoms with Crippen molar-refractivity contribution < 1.29 is 4.79 Å². The predicted molar refractivity (Wildman–Crippen MR) is 103 cm³/mol. The molecule has 0 radical (unpaired) electrons. The summed E-state index contributed by atoms with van der Waals surface area (Å²) >= 11 is 6.17. The van der Waals surface area contributed by atoms with Gasteiger partial charge in [-0.05, 0) is 12.1 Å². The van der Waals surface area contributed by atoms with E-state index in [0.29, 0.717) is 37.6 Å². The highest BCUT2D eigenvalue weighted by Gasteiger charge is 2.26. The van der Waals surface area contributed by atoms with Crippen LogP contribution < -0.4 is 10.6 Å². The van der Waals surface area contributed by atoms with E-state index in [-0.39, 0.29) is 30.7 Å². The van der Waals surface area contributed by atoms with Gasteiger partial charge in [-0.25, -0.2) is 9.97 Å². The summed E-state index contributed by atoms with van der Waals surface area (Å²) in [5.74, 6) is 0.731. The number of hydrogen-bond acceptors (Lipinski definition) is 5. The molecule has 2 aromatic rings. The average molecular weight is 408 g/mol. The number of amides is 1. The Labute approximate surface area is 163 Å². The largest absolute Gasteiger partial charge is 0.352 e. The second kappa shape index (κ2) is 9.82. The van der Waals surface area contributed by atoms with Crippen molar-refractivity contribution in [3.63, 3.8) is 0 Å². The van der Waals surface area contributed by atoms with Crippen LogP contribution in [0.2, 0.25) is 5.02 Å². The van der Waals surface area contributed by atoms with Crippen molar-refractivity contribution in [2.24, 2.45) is 5.73 Å². The minimum Gasteiger partial charge on any atom is -0.352 e. The topological polar surface area (TPSA) is 91.1 Å². The van der Waals surface area contributed by atoms with Gasteiger partial charge in [0.1, 0.15) is 5.82 Å². The lowest BCUT2D eigenvalue weighted by Gasteiger charge is -2.36. The van der Waals surface area contributed by atoms with Crippen LogP contribution in [0.5, 0.6) is 0 Å². The lowest BCUT2D eigenvalue weighted by atomic mass is 10.1. The van der Waals surface area contributed by atoms with E-state index in [9.17, 15) is 4.79 Å². The third-order valence-electron chi connectivity index (χ3n) is 3.94. The van der Waals surface area contributed by atoms with Crippen molar-refractivity contribution in [3.05, 3.63) is 41.6 Å². The molecular weight excluding hydrogens is 387 g/mol. The molecule has 2 aromatic heterocycles. The number of aromatic nitrogens is 3. The van der Waals surface area contributed by atoms with Crippen molar-refractivity contribution in [1.82, 2.24) is 19.9 Å². The quantitative estimate of drug-likeness (QED) is 0.802. The molecule has 1 aliphatic rings. The fraction of sp³-hybridized carbons (Fsp3) is 0.400. The Morgan fingerprint density at radius 3 is 2.64 bits per heavy atom. The van der Waals surface area contributed by atoms with Crippen LogP contribution in [-0.2, 0) is 11.2 Å². The first-order chi connectivity index (χ1) is 11.1. The van der Waals surface area contributed by atoms with Crippen LogP contribution in [0, 0.1) is 0 Å². The van der Waals surface area contributed by atoms with Crippen LogP contribution >= 0.6 is 36.4 Å². The summed E-state index contributed by atoms with van der Waals surface area (Å²) < 4.78 is 0. The van der Waals surface area contributed by atoms with Crippen LogP contribution in [0.4, 0.5) is 5.82 Å². The number of nitrogens with one attached hydrogen (secondary N) is 1. The molecule has 1 fully saturated rings. The average Bonchev–Trinajstić information content (AvgIpc) is 3.08. The maximum atomic E-state index is 12.4. The van der Waals surface area contributed by atoms with Gasteiger partial charge < -0.3 is 20.5 Å². The molecule has 0 spiro atoms. The molecule has 25 heavy (non-hydrogen) atoms. The third kappa shape index (κ3) is 5.22. The predicted octanol–water partition coefficient (Wildman–Crippen LogP) is 1.52. The lowest BCUT2D eigenvalue weighted by Crippen LogP contribution is -2.53. The number of nitrogens with zero attached hydrogens (tertiary/aromatic N) is 4. The first-order valence-corrected chi connectivity index (χ1v) is 7.90. The van der Waals surface area contributed by atoms with Gasteiger partial charge in [0.05, 0.1) is 17.4 Å². The van der Waals surface area contributed by atoms with Gasteiger partial charge in [-0.2, -0.15) is 0 Å². The van der Waals surface area contributed by atoms with E-state index >= 15 is 0 Å². The first-order valence-electron chi connectivity index (χ1n) is 7.52. The second-order valence-electron chi connectivity index (χ2n) is 5.51. The van der Waals surface area contributed by atoms with Crippen LogP contribution in [0.25, 0.3) is 0 Å². The summed E-state index contributed by atoms with van der Waals surface area (Å²) in [6.45, 7) is 2.61. The Morgan fingerprint density at radius 2 is 2.04 bits per heavy atom. The number of halogens is 3. The summed E-state index contributed by atoms with van der Waals surface area (Å²) in [5.41, 5.74) is 6.89. The summed E-state index contributed by atoms with van der Waals surface area (Å²) in [7, 11) is 0. The molecule has 0 aliphatic carbocycles. The molecule has 0 unspecified atom stereocenters. The highest BCUT2D eigenvalue weighted by Crippen LogP contribution is 2.23. The molecule has 7 nitrogen and oxygen atoms in total. The summed E-state index contributed by atoms with van der Waals surface area (Å²) in [6, 6.07) is 3.07. The SMILES string of the molecule is Cl.Cl.N[C@@H](Cc1cnc[nH]1)C(=O)N1CCN(c2ncccc2Cl)CC1. The molecule has 138 valence electrons. The molecule has 1 aliphatic heterocycles. The molecule has 0 saturated carbocycles. The van der Waals surface area contributed by atoms with E-state index in [4.69, 9.17) is 17.3 Å². The highest BCUT2D eigenvalue weighted by molar-refractivity contribution is 6.32. The van der Waals surface area contributed by atoms with E-state index in [2.05, 4.69) is 19.9 Å². The van der Waals surface area contributed by atoms with Crippen LogP contribution in [0.15, 0.2) is 30.9 Å². The zero-order chi connectivity index (χ0) is 16.2. The number of pyridine rings is 1. The van der Waals surface area contributed by atoms with Crippen LogP contribution in [0.3, 0.4) is 0 Å². The van der Waals surface area contributed by atoms with Crippen LogP contribution in [-0.4, -0.2) is 58.0 Å². The number of H-pyrrole nitrogens is 1. The van der Waals surface area contributed by atoms with Crippen molar-refractivity contribution in [2.75, 3.05) is 31.1 Å². The van der Waals surface area contributed by atoms with Gasteiger partial charge in [0, 0.05) is 50.7 Å². The molecule has 1 amide bonds. The number of imidazole rings is 1. The fourth-order valence-electron chi connectivity index (χ4n) is 2.70. The number of carbonyl (C=O) groups is 1. The Balaban J connectivity index is 0.00000156. The van der Waals surface area contributed by atoms with Crippen molar-refractivity contribution in [2.45, 2.75) is 12.5 Å². The fourth-order valence-corrected chi connectivity index (χ4v) is 2.94. The summed E-state index contributed by atoms with van der Waals surface area (Å²) in [6.07, 6.45) is 5.46. The van der Waals surface area contributed by atoms with Gasteiger partial charge >= 0.3 is 0 Å². The first kappa shape index (κ1) is 21.5. The number of anilines is 1. The Bertz CT molecular complexity index is 661. The Hall–Kier alpha value is -1.54. The van der Waals surface area contributed by atoms with E-state index in [1.54, 1.807) is 29.7 Å². The minimum absolute atomic E-state index is 0. The van der Waals surface area contributed by atoms with Gasteiger partial charge in [0.2, 0.25) is 5.91 Å². The van der Waals surface area contributed by atoms with E-state index in [1.165, 1.54) is 0 Å². The monoisotopic (exact) mass is 406 g/mol. The van der Waals surface area contributed by atoms with Crippen molar-refractivity contribution in [1.29, 1.82) is 0 Å². The normalized spacial score (nSPS) is 15.1. The zero-order valence-electron chi connectivity index (χ0n) is 13.5. The third-order valence-corrected chi connectivity index (χ3v) is 4.24. The van der Waals surface area contributed by atoms with E-state index < -0.39 is 6.04 Å². The Morgan fingerprint density at radius 1 is 1.32 bits per heavy atom. The molecule has 0 bridgehead atoms. The van der Waals surface area contributed by atoms with Gasteiger partial charge in [-0.1, -0.05) is 11.6 Å². The molecule has 3 N–H and O–H groups in total. The molecule has 10 heteroatoms. The minimum atomic E-state index is -0.555. The van der Waals surface area contributed by atoms with Crippen molar-refractivity contribution >= 4 is 48.1 Å². The number of aromatic amines is 1. The number of carbonyl (C=O) groups excluding carboxylic acids is 1. The second-order valence-corrected chi connectivity index (χ2v) is 5.92. The summed E-state index contributed by atoms with van der Waals surface area (Å²) in [4.78, 5) is 27.5. The van der Waals surface area contributed by atoms with Gasteiger partial charge in [-0.15, -0.1) is 24.8 Å². The van der Waals surface area contributed by atoms with Gasteiger partial charge in [-0.3, -0.25) is 4.79 Å². The lowest BCUT2D eigenvalue weighted by molar-refractivity contribution is -0.132. The van der Waals surface area contributed by atoms with E-state index in [0.717, 1.165) is 11.5 Å². The zero-order valence-corrected chi connectivity index (χ0v) is 15.9. The number of rotatable bonds is 4.